The molecule has 0 aliphatic rings. The molecule has 0 spiro atoms. The molecule has 2 rings (SSSR count). The zero-order valence-corrected chi connectivity index (χ0v) is 17.1. The molecule has 0 aliphatic heterocycles. The summed E-state index contributed by atoms with van der Waals surface area (Å²) < 4.78 is 0. The number of aryl methyl sites for hydroxylation is 6. The molecule has 0 aromatic heterocycles. The van der Waals surface area contributed by atoms with Crippen molar-refractivity contribution in [1.29, 1.82) is 0 Å². The van der Waals surface area contributed by atoms with E-state index in [1.54, 1.807) is 0 Å². The quantitative estimate of drug-likeness (QED) is 0.590. The fraction of sp³-hybridized carbons (Fsp3) is 0.500. The molecule has 0 aliphatic carbocycles. The molecule has 0 unspecified atom stereocenters. The van der Waals surface area contributed by atoms with Crippen LogP contribution >= 0.6 is 0 Å². The van der Waals surface area contributed by atoms with Gasteiger partial charge >= 0.3 is 26.2 Å². The topological polar surface area (TPSA) is 0 Å². The summed E-state index contributed by atoms with van der Waals surface area (Å²) in [6.45, 7) is 13.1. The Morgan fingerprint density at radius 3 is 1.29 bits per heavy atom. The molecule has 0 N–H and O–H groups in total. The van der Waals surface area contributed by atoms with Gasteiger partial charge in [-0.25, -0.2) is 12.1 Å². The van der Waals surface area contributed by atoms with Gasteiger partial charge in [-0.2, -0.15) is 45.5 Å². The van der Waals surface area contributed by atoms with Crippen molar-refractivity contribution in [3.63, 3.8) is 0 Å². The van der Waals surface area contributed by atoms with Crippen molar-refractivity contribution in [2.75, 3.05) is 0 Å². The van der Waals surface area contributed by atoms with Crippen LogP contribution in [-0.2, 0) is 39.0 Å². The van der Waals surface area contributed by atoms with Gasteiger partial charge in [-0.15, -0.1) is 0 Å². The Balaban J connectivity index is 0.000000364. The van der Waals surface area contributed by atoms with E-state index in [0.717, 1.165) is 0 Å². The van der Waals surface area contributed by atoms with Gasteiger partial charge in [0.25, 0.3) is 0 Å². The van der Waals surface area contributed by atoms with Crippen LogP contribution < -0.4 is 0 Å². The van der Waals surface area contributed by atoms with Gasteiger partial charge in [0.15, 0.2) is 0 Å². The predicted octanol–water partition coefficient (Wildman–Crippen LogP) is 5.95. The van der Waals surface area contributed by atoms with E-state index in [9.17, 15) is 0 Å². The fourth-order valence-electron chi connectivity index (χ4n) is 2.52. The zero-order valence-electron chi connectivity index (χ0n) is 14.6. The van der Waals surface area contributed by atoms with Crippen LogP contribution in [0.4, 0.5) is 0 Å². The summed E-state index contributed by atoms with van der Waals surface area (Å²) in [6, 6.07) is 9.16. The summed E-state index contributed by atoms with van der Waals surface area (Å²) in [6.07, 6.45) is 4.97. The van der Waals surface area contributed by atoms with Crippen molar-refractivity contribution < 1.29 is 26.2 Å². The van der Waals surface area contributed by atoms with Crippen molar-refractivity contribution in [2.24, 2.45) is 0 Å². The third-order valence-corrected chi connectivity index (χ3v) is 3.93. The van der Waals surface area contributed by atoms with E-state index in [-0.39, 0.29) is 26.2 Å². The fourth-order valence-corrected chi connectivity index (χ4v) is 2.52. The van der Waals surface area contributed by atoms with E-state index in [0.29, 0.717) is 0 Å². The van der Waals surface area contributed by atoms with Crippen LogP contribution in [0.1, 0.15) is 60.1 Å². The normalized spacial score (nSPS) is 9.81. The average molecular weight is 362 g/mol. The molecule has 0 fully saturated rings. The first-order chi connectivity index (χ1) is 9.47. The first-order valence-electron chi connectivity index (χ1n) is 7.93. The van der Waals surface area contributed by atoms with Crippen molar-refractivity contribution in [2.45, 2.75) is 67.2 Å². The molecule has 2 aromatic rings. The van der Waals surface area contributed by atoms with Gasteiger partial charge in [0.1, 0.15) is 0 Å². The Morgan fingerprint density at radius 1 is 0.762 bits per heavy atom. The number of rotatable bonds is 4. The molecule has 21 heavy (non-hydrogen) atoms. The summed E-state index contributed by atoms with van der Waals surface area (Å²) in [5.41, 5.74) is 8.73. The average Bonchev–Trinajstić information content (AvgIpc) is 2.85. The van der Waals surface area contributed by atoms with Crippen molar-refractivity contribution >= 4 is 0 Å². The van der Waals surface area contributed by atoms with Gasteiger partial charge in [-0.05, 0) is 0 Å². The van der Waals surface area contributed by atoms with Crippen LogP contribution in [0.25, 0.3) is 0 Å². The van der Waals surface area contributed by atoms with Gasteiger partial charge < -0.3 is 0 Å². The van der Waals surface area contributed by atoms with E-state index >= 15 is 0 Å². The van der Waals surface area contributed by atoms with Crippen LogP contribution in [0.15, 0.2) is 24.3 Å². The maximum Gasteiger partial charge on any atom is 2.00 e. The van der Waals surface area contributed by atoms with Gasteiger partial charge in [0.05, 0.1) is 0 Å². The minimum Gasteiger partial charge on any atom is -0.207 e. The second-order valence-electron chi connectivity index (χ2n) is 5.96. The van der Waals surface area contributed by atoms with E-state index in [1.165, 1.54) is 59.1 Å². The summed E-state index contributed by atoms with van der Waals surface area (Å²) >= 11 is 0. The smallest absolute Gasteiger partial charge is 0.207 e. The third kappa shape index (κ3) is 6.92. The third-order valence-electron chi connectivity index (χ3n) is 3.93. The van der Waals surface area contributed by atoms with Crippen LogP contribution in [0.2, 0.25) is 0 Å². The molecule has 0 amide bonds. The number of hydrogen-bond donors (Lipinski definition) is 0. The molecular weight excluding hydrogens is 331 g/mol. The molecule has 1 heteroatoms. The summed E-state index contributed by atoms with van der Waals surface area (Å²) in [4.78, 5) is 0. The molecule has 2 aromatic carbocycles. The van der Waals surface area contributed by atoms with Crippen molar-refractivity contribution in [3.05, 3.63) is 57.6 Å². The van der Waals surface area contributed by atoms with Crippen LogP contribution in [0.5, 0.6) is 0 Å². The van der Waals surface area contributed by atoms with Gasteiger partial charge in [0.2, 0.25) is 0 Å². The van der Waals surface area contributed by atoms with E-state index in [4.69, 9.17) is 0 Å². The minimum absolute atomic E-state index is 0. The Bertz CT molecular complexity index is 427. The SMILES string of the molecule is CCCc1cc(C)[c-](C)c1.CCCc1cc(C)[c-](C)c1.[Zr+2]. The molecule has 0 saturated heterocycles. The Hall–Kier alpha value is -0.417. The minimum atomic E-state index is 0. The van der Waals surface area contributed by atoms with Crippen LogP contribution in [-0.4, -0.2) is 0 Å². The van der Waals surface area contributed by atoms with Gasteiger partial charge in [0, 0.05) is 0 Å². The molecule has 0 bridgehead atoms. The van der Waals surface area contributed by atoms with E-state index in [2.05, 4.69) is 65.8 Å². The standard InChI is InChI=1S/2C10H15.Zr/c2*1-4-5-10-6-8(2)9(3)7-10;/h2*6-7H,4-5H2,1-3H3;/q2*-1;+2. The predicted molar refractivity (Wildman–Crippen MR) is 91.0 cm³/mol. The largest absolute Gasteiger partial charge is 2.00 e. The number of hydrogen-bond acceptors (Lipinski definition) is 0. The Morgan fingerprint density at radius 2 is 1.10 bits per heavy atom. The molecule has 114 valence electrons. The molecule has 0 radical (unpaired) electrons. The second-order valence-corrected chi connectivity index (χ2v) is 5.96. The van der Waals surface area contributed by atoms with Crippen LogP contribution in [0.3, 0.4) is 0 Å². The molecule has 0 nitrogen and oxygen atoms in total. The summed E-state index contributed by atoms with van der Waals surface area (Å²) in [5, 5.41) is 0. The zero-order chi connectivity index (χ0) is 15.1. The second kappa shape index (κ2) is 10.3. The first-order valence-corrected chi connectivity index (χ1v) is 7.93. The Kier molecular flexibility index (Phi) is 10.1. The summed E-state index contributed by atoms with van der Waals surface area (Å²) in [5.74, 6) is 0. The molecule has 0 atom stereocenters. The maximum atomic E-state index is 2.29. The van der Waals surface area contributed by atoms with Crippen molar-refractivity contribution in [3.8, 4) is 0 Å². The summed E-state index contributed by atoms with van der Waals surface area (Å²) in [7, 11) is 0. The molecular formula is C20H30Zr. The Labute approximate surface area is 150 Å². The maximum absolute atomic E-state index is 2.29. The van der Waals surface area contributed by atoms with Gasteiger partial charge in [-0.1, -0.05) is 67.2 Å². The molecule has 0 heterocycles. The van der Waals surface area contributed by atoms with E-state index in [1.807, 2.05) is 0 Å². The monoisotopic (exact) mass is 360 g/mol. The molecule has 0 saturated carbocycles. The van der Waals surface area contributed by atoms with Crippen LogP contribution in [0, 0.1) is 27.7 Å². The first kappa shape index (κ1) is 20.6. The van der Waals surface area contributed by atoms with E-state index < -0.39 is 0 Å². The van der Waals surface area contributed by atoms with Gasteiger partial charge in [-0.3, -0.25) is 0 Å². The van der Waals surface area contributed by atoms with Crippen molar-refractivity contribution in [1.82, 2.24) is 0 Å².